The number of rotatable bonds is 4. The Hall–Kier alpha value is -0.930. The highest BCUT2D eigenvalue weighted by Crippen LogP contribution is 2.33. The van der Waals surface area contributed by atoms with E-state index in [2.05, 4.69) is 16.1 Å². The molecular weight excluding hydrogens is 183 g/mol. The molecule has 2 unspecified atom stereocenters. The first-order chi connectivity index (χ1) is 5.74. The predicted octanol–water partition coefficient (Wildman–Crippen LogP) is 1.42. The second kappa shape index (κ2) is 4.18. The molecule has 0 bridgehead atoms. The van der Waals surface area contributed by atoms with Gasteiger partial charge in [0, 0.05) is 0 Å². The van der Waals surface area contributed by atoms with Crippen LogP contribution in [0.15, 0.2) is 12.7 Å². The topological polar surface area (TPSA) is 61.8 Å². The van der Waals surface area contributed by atoms with Gasteiger partial charge in [-0.2, -0.15) is 0 Å². The van der Waals surface area contributed by atoms with Crippen molar-refractivity contribution >= 4 is 14.2 Å². The summed E-state index contributed by atoms with van der Waals surface area (Å²) < 4.78 is 24.8. The number of hydrogen-bond donors (Lipinski definition) is 0. The van der Waals surface area contributed by atoms with E-state index in [1.165, 1.54) is 6.08 Å². The molecular formula is C6H8O5P+. The smallest absolute Gasteiger partial charge is 0.425 e. The monoisotopic (exact) mass is 191 g/mol. The van der Waals surface area contributed by atoms with Crippen LogP contribution in [0.2, 0.25) is 0 Å². The fourth-order valence-electron chi connectivity index (χ4n) is 0.632. The quantitative estimate of drug-likeness (QED) is 0.382. The molecule has 6 heteroatoms. The van der Waals surface area contributed by atoms with Gasteiger partial charge in [-0.1, -0.05) is 6.08 Å². The summed E-state index contributed by atoms with van der Waals surface area (Å²) in [5.74, 6) is -0.771. The van der Waals surface area contributed by atoms with Gasteiger partial charge in [-0.25, -0.2) is 4.79 Å². The third-order valence-corrected chi connectivity index (χ3v) is 2.26. The van der Waals surface area contributed by atoms with Crippen molar-refractivity contribution in [2.24, 2.45) is 0 Å². The summed E-state index contributed by atoms with van der Waals surface area (Å²) in [6.45, 7) is 3.54. The molecule has 1 rings (SSSR count). The number of cyclic esters (lactones) is 2. The standard InChI is InChI=1S/C6H8O5P/c1-2-3-10-12(8)5-4-9-6(7)11-5/h2,5H,1,3-4H2/q+1. The highest BCUT2D eigenvalue weighted by Gasteiger charge is 2.43. The van der Waals surface area contributed by atoms with E-state index in [9.17, 15) is 9.36 Å². The molecule has 1 aliphatic heterocycles. The number of carbonyl (C=O) groups excluding carboxylic acids is 1. The Labute approximate surface area is 70.2 Å². The molecule has 66 valence electrons. The van der Waals surface area contributed by atoms with E-state index in [0.29, 0.717) is 0 Å². The summed E-state index contributed by atoms with van der Waals surface area (Å²) in [6.07, 6.45) is 0.663. The molecule has 1 fully saturated rings. The maximum absolute atomic E-state index is 11.1. The van der Waals surface area contributed by atoms with Gasteiger partial charge in [0.2, 0.25) is 0 Å². The van der Waals surface area contributed by atoms with E-state index < -0.39 is 20.0 Å². The molecule has 2 atom stereocenters. The highest BCUT2D eigenvalue weighted by molar-refractivity contribution is 7.39. The SMILES string of the molecule is C=CCO[P+](=O)C1COC(=O)O1. The lowest BCUT2D eigenvalue weighted by molar-refractivity contribution is 0.126. The largest absolute Gasteiger partial charge is 0.557 e. The minimum absolute atomic E-state index is 0.00875. The van der Waals surface area contributed by atoms with Crippen molar-refractivity contribution in [3.63, 3.8) is 0 Å². The Bertz CT molecular complexity index is 214. The summed E-state index contributed by atoms with van der Waals surface area (Å²) in [7, 11) is -2.00. The van der Waals surface area contributed by atoms with Crippen molar-refractivity contribution in [2.45, 2.75) is 5.85 Å². The first kappa shape index (κ1) is 9.16. The fourth-order valence-corrected chi connectivity index (χ4v) is 1.42. The number of carbonyl (C=O) groups is 1. The Morgan fingerprint density at radius 2 is 2.58 bits per heavy atom. The molecule has 12 heavy (non-hydrogen) atoms. The summed E-state index contributed by atoms with van der Waals surface area (Å²) in [6, 6.07) is 0. The second-order valence-corrected chi connectivity index (χ2v) is 3.41. The lowest BCUT2D eigenvalue weighted by atomic mass is 10.7. The summed E-state index contributed by atoms with van der Waals surface area (Å²) >= 11 is 0. The van der Waals surface area contributed by atoms with Crippen LogP contribution in [0.1, 0.15) is 0 Å². The van der Waals surface area contributed by atoms with Gasteiger partial charge in [-0.3, -0.25) is 0 Å². The van der Waals surface area contributed by atoms with E-state index in [1.807, 2.05) is 0 Å². The number of hydrogen-bond acceptors (Lipinski definition) is 5. The Morgan fingerprint density at radius 3 is 3.08 bits per heavy atom. The molecule has 1 saturated heterocycles. The molecule has 1 heterocycles. The molecule has 5 nitrogen and oxygen atoms in total. The van der Waals surface area contributed by atoms with Crippen LogP contribution in [0.5, 0.6) is 0 Å². The first-order valence-corrected chi connectivity index (χ1v) is 4.52. The zero-order chi connectivity index (χ0) is 8.97. The maximum Gasteiger partial charge on any atom is 0.557 e. The minimum Gasteiger partial charge on any atom is -0.425 e. The Morgan fingerprint density at radius 1 is 1.83 bits per heavy atom. The summed E-state index contributed by atoms with van der Waals surface area (Å²) in [4.78, 5) is 10.4. The van der Waals surface area contributed by atoms with Gasteiger partial charge in [0.05, 0.1) is 0 Å². The Kier molecular flexibility index (Phi) is 3.19. The van der Waals surface area contributed by atoms with Gasteiger partial charge >= 0.3 is 20.0 Å². The van der Waals surface area contributed by atoms with Crippen molar-refractivity contribution < 1.29 is 23.4 Å². The van der Waals surface area contributed by atoms with Crippen LogP contribution in [0.3, 0.4) is 0 Å². The molecule has 0 aliphatic carbocycles. The van der Waals surface area contributed by atoms with E-state index in [0.717, 1.165) is 0 Å². The molecule has 0 aromatic carbocycles. The van der Waals surface area contributed by atoms with Crippen LogP contribution >= 0.6 is 8.03 Å². The van der Waals surface area contributed by atoms with Crippen LogP contribution in [-0.2, 0) is 18.6 Å². The van der Waals surface area contributed by atoms with Gasteiger partial charge < -0.3 is 9.47 Å². The third kappa shape index (κ3) is 2.29. The van der Waals surface area contributed by atoms with Crippen LogP contribution in [0.25, 0.3) is 0 Å². The first-order valence-electron chi connectivity index (χ1n) is 3.27. The van der Waals surface area contributed by atoms with Gasteiger partial charge in [0.15, 0.2) is 6.61 Å². The highest BCUT2D eigenvalue weighted by atomic mass is 31.1. The van der Waals surface area contributed by atoms with E-state index in [-0.39, 0.29) is 13.2 Å². The zero-order valence-electron chi connectivity index (χ0n) is 6.26. The molecule has 0 spiro atoms. The fraction of sp³-hybridized carbons (Fsp3) is 0.500. The van der Waals surface area contributed by atoms with Gasteiger partial charge in [0.25, 0.3) is 0 Å². The molecule has 0 N–H and O–H groups in total. The van der Waals surface area contributed by atoms with Gasteiger partial charge in [-0.15, -0.1) is 11.1 Å². The molecule has 0 amide bonds. The normalized spacial score (nSPS) is 22.8. The Balaban J connectivity index is 2.32. The van der Waals surface area contributed by atoms with Gasteiger partial charge in [0.1, 0.15) is 6.61 Å². The lowest BCUT2D eigenvalue weighted by Crippen LogP contribution is -2.05. The van der Waals surface area contributed by atoms with Crippen LogP contribution in [0, 0.1) is 0 Å². The summed E-state index contributed by atoms with van der Waals surface area (Å²) in [5.41, 5.74) is 0. The summed E-state index contributed by atoms with van der Waals surface area (Å²) in [5, 5.41) is 0. The van der Waals surface area contributed by atoms with E-state index in [1.54, 1.807) is 0 Å². The maximum atomic E-state index is 11.1. The van der Waals surface area contributed by atoms with Crippen molar-refractivity contribution in [3.8, 4) is 0 Å². The lowest BCUT2D eigenvalue weighted by Gasteiger charge is -1.90. The van der Waals surface area contributed by atoms with Crippen molar-refractivity contribution in [3.05, 3.63) is 12.7 Å². The van der Waals surface area contributed by atoms with E-state index >= 15 is 0 Å². The second-order valence-electron chi connectivity index (χ2n) is 2.00. The number of ether oxygens (including phenoxy) is 2. The minimum atomic E-state index is -2.00. The molecule has 0 saturated carbocycles. The molecule has 0 radical (unpaired) electrons. The predicted molar refractivity (Wildman–Crippen MR) is 40.0 cm³/mol. The van der Waals surface area contributed by atoms with Crippen LogP contribution in [0.4, 0.5) is 4.79 Å². The third-order valence-electron chi connectivity index (χ3n) is 1.13. The van der Waals surface area contributed by atoms with Gasteiger partial charge in [-0.05, 0) is 4.57 Å². The average Bonchev–Trinajstić information content (AvgIpc) is 2.47. The zero-order valence-corrected chi connectivity index (χ0v) is 7.16. The van der Waals surface area contributed by atoms with Crippen molar-refractivity contribution in [1.29, 1.82) is 0 Å². The van der Waals surface area contributed by atoms with Crippen LogP contribution < -0.4 is 0 Å². The molecule has 0 aromatic heterocycles. The average molecular weight is 191 g/mol. The van der Waals surface area contributed by atoms with Crippen molar-refractivity contribution in [1.82, 2.24) is 0 Å². The van der Waals surface area contributed by atoms with E-state index in [4.69, 9.17) is 4.52 Å². The molecule has 1 aliphatic rings. The molecule has 0 aromatic rings. The van der Waals surface area contributed by atoms with Crippen molar-refractivity contribution in [2.75, 3.05) is 13.2 Å². The van der Waals surface area contributed by atoms with Crippen LogP contribution in [-0.4, -0.2) is 25.2 Å².